The average molecular weight is 608 g/mol. The van der Waals surface area contributed by atoms with Crippen molar-refractivity contribution < 1.29 is 0 Å². The van der Waals surface area contributed by atoms with E-state index in [0.29, 0.717) is 0 Å². The van der Waals surface area contributed by atoms with Crippen LogP contribution in [0.2, 0.25) is 0 Å². The van der Waals surface area contributed by atoms with Crippen LogP contribution in [0.15, 0.2) is 24.3 Å². The maximum absolute atomic E-state index is 5.28. The molecule has 0 saturated heterocycles. The van der Waals surface area contributed by atoms with E-state index in [2.05, 4.69) is 89.6 Å². The topological polar surface area (TPSA) is 57.4 Å². The van der Waals surface area contributed by atoms with Gasteiger partial charge in [-0.15, -0.1) is 24.8 Å². The van der Waals surface area contributed by atoms with Gasteiger partial charge in [-0.1, -0.05) is 55.4 Å². The fourth-order valence-electron chi connectivity index (χ4n) is 7.10. The molecule has 0 amide bonds. The quantitative estimate of drug-likeness (QED) is 0.268. The average Bonchev–Trinajstić information content (AvgIpc) is 3.67. The highest BCUT2D eigenvalue weighted by Crippen LogP contribution is 2.39. The van der Waals surface area contributed by atoms with E-state index in [4.69, 9.17) is 9.97 Å². The van der Waals surface area contributed by atoms with Gasteiger partial charge in [0.2, 0.25) is 0 Å². The molecule has 4 nitrogen and oxygen atoms in total. The summed E-state index contributed by atoms with van der Waals surface area (Å²) in [4.78, 5) is 18.2. The summed E-state index contributed by atoms with van der Waals surface area (Å²) < 4.78 is 0. The van der Waals surface area contributed by atoms with Gasteiger partial charge < -0.3 is 9.97 Å². The molecular weight excluding hydrogens is 559 g/mol. The maximum Gasteiger partial charge on any atom is 0.0694 e. The number of aryl methyl sites for hydroxylation is 4. The minimum absolute atomic E-state index is 0. The van der Waals surface area contributed by atoms with Gasteiger partial charge in [-0.25, -0.2) is 9.97 Å². The molecule has 6 heteroatoms. The highest BCUT2D eigenvalue weighted by atomic mass is 35.5. The Labute approximate surface area is 264 Å². The third-order valence-corrected chi connectivity index (χ3v) is 8.97. The van der Waals surface area contributed by atoms with Crippen LogP contribution in [-0.4, -0.2) is 19.9 Å². The van der Waals surface area contributed by atoms with Crippen LogP contribution in [0, 0.1) is 0 Å². The zero-order valence-corrected chi connectivity index (χ0v) is 28.3. The molecule has 5 heterocycles. The predicted molar refractivity (Wildman–Crippen MR) is 188 cm³/mol. The van der Waals surface area contributed by atoms with Crippen LogP contribution < -0.4 is 0 Å². The van der Waals surface area contributed by atoms with E-state index in [9.17, 15) is 0 Å². The van der Waals surface area contributed by atoms with Crippen LogP contribution in [0.1, 0.15) is 126 Å². The first-order valence-corrected chi connectivity index (χ1v) is 15.7. The molecule has 2 aliphatic rings. The third kappa shape index (κ3) is 5.61. The van der Waals surface area contributed by atoms with E-state index in [1.807, 2.05) is 0 Å². The summed E-state index contributed by atoms with van der Waals surface area (Å²) in [7, 11) is 0. The van der Waals surface area contributed by atoms with Crippen molar-refractivity contribution >= 4 is 69.2 Å². The van der Waals surface area contributed by atoms with Gasteiger partial charge in [-0.3, -0.25) is 0 Å². The molecule has 0 atom stereocenters. The van der Waals surface area contributed by atoms with Gasteiger partial charge in [0.05, 0.1) is 22.8 Å². The molecule has 5 rings (SSSR count). The molecule has 0 fully saturated rings. The van der Waals surface area contributed by atoms with Crippen molar-refractivity contribution in [2.45, 2.75) is 107 Å². The number of nitrogens with one attached hydrogen (secondary N) is 2. The normalized spacial score (nSPS) is 13.0. The van der Waals surface area contributed by atoms with Crippen LogP contribution in [0.4, 0.5) is 0 Å². The summed E-state index contributed by atoms with van der Waals surface area (Å²) in [5.74, 6) is 0. The van der Waals surface area contributed by atoms with E-state index in [0.717, 1.165) is 74.1 Å². The molecule has 0 radical (unpaired) electrons. The standard InChI is InChI=1S/C36H46N4.2ClH/c1-9-21-22(10-2)30-18-32-25(13-5)26(14-6)34(39-32)20-36-28(16-8)27(15-7)35(40-36)19-33-24(12-4)23(11-3)31(38-33)17-29(21)37-30;;/h17-20,37-38H,9-16H2,1-8H3;2*1H. The van der Waals surface area contributed by atoms with E-state index < -0.39 is 0 Å². The zero-order valence-electron chi connectivity index (χ0n) is 26.7. The fourth-order valence-corrected chi connectivity index (χ4v) is 7.10. The SMILES string of the molecule is CCC1=C(CC)c2cc3[nH]c(cc4[nH]c(cc5nc(cc1n2)C(CC)=C5CC)c(CC)c4CC)c(CC)c3CC.Cl.Cl. The predicted octanol–water partition coefficient (Wildman–Crippen LogP) is 10.9. The first kappa shape index (κ1) is 33.7. The van der Waals surface area contributed by atoms with Crippen LogP contribution in [0.5, 0.6) is 0 Å². The third-order valence-electron chi connectivity index (χ3n) is 8.97. The smallest absolute Gasteiger partial charge is 0.0694 e. The van der Waals surface area contributed by atoms with E-state index >= 15 is 0 Å². The number of rotatable bonds is 8. The Bertz CT molecular complexity index is 1560. The van der Waals surface area contributed by atoms with Crippen molar-refractivity contribution in [3.05, 3.63) is 69.3 Å². The van der Waals surface area contributed by atoms with Crippen LogP contribution in [0.3, 0.4) is 0 Å². The van der Waals surface area contributed by atoms with Crippen LogP contribution >= 0.6 is 24.8 Å². The van der Waals surface area contributed by atoms with Gasteiger partial charge in [0.1, 0.15) is 0 Å². The Morgan fingerprint density at radius 1 is 0.381 bits per heavy atom. The van der Waals surface area contributed by atoms with E-state index in [1.165, 1.54) is 66.6 Å². The Balaban J connectivity index is 0.00000242. The second-order valence-electron chi connectivity index (χ2n) is 10.9. The lowest BCUT2D eigenvalue weighted by atomic mass is 9.97. The second kappa shape index (κ2) is 14.1. The van der Waals surface area contributed by atoms with Crippen molar-refractivity contribution in [1.29, 1.82) is 0 Å². The first-order valence-electron chi connectivity index (χ1n) is 15.7. The number of halogens is 2. The van der Waals surface area contributed by atoms with E-state index in [1.54, 1.807) is 0 Å². The molecule has 3 aromatic heterocycles. The first-order chi connectivity index (χ1) is 19.5. The zero-order chi connectivity index (χ0) is 28.6. The summed E-state index contributed by atoms with van der Waals surface area (Å²) in [5.41, 5.74) is 20.2. The molecule has 3 aromatic rings. The Morgan fingerprint density at radius 3 is 0.905 bits per heavy atom. The summed E-state index contributed by atoms with van der Waals surface area (Å²) in [5, 5.41) is 0. The number of fused-ring (bicyclic) bond motifs is 8. The van der Waals surface area contributed by atoms with Crippen molar-refractivity contribution in [1.82, 2.24) is 19.9 Å². The van der Waals surface area contributed by atoms with Gasteiger partial charge in [0.25, 0.3) is 0 Å². The van der Waals surface area contributed by atoms with Gasteiger partial charge in [-0.05, 0) is 120 Å². The van der Waals surface area contributed by atoms with Gasteiger partial charge in [-0.2, -0.15) is 0 Å². The number of H-pyrrole nitrogens is 2. The Hall–Kier alpha value is -2.82. The van der Waals surface area contributed by atoms with E-state index in [-0.39, 0.29) is 24.8 Å². The molecule has 2 aliphatic heterocycles. The van der Waals surface area contributed by atoms with Gasteiger partial charge >= 0.3 is 0 Å². The number of hydrogen-bond acceptors (Lipinski definition) is 2. The molecule has 226 valence electrons. The molecule has 0 aromatic carbocycles. The molecule has 0 saturated carbocycles. The Kier molecular flexibility index (Phi) is 11.3. The molecule has 0 aliphatic carbocycles. The molecule has 42 heavy (non-hydrogen) atoms. The van der Waals surface area contributed by atoms with Gasteiger partial charge in [0.15, 0.2) is 0 Å². The summed E-state index contributed by atoms with van der Waals surface area (Å²) >= 11 is 0. The minimum Gasteiger partial charge on any atom is -0.355 e. The fraction of sp³-hybridized carbons (Fsp3) is 0.444. The lowest BCUT2D eigenvalue weighted by Crippen LogP contribution is -1.87. The largest absolute Gasteiger partial charge is 0.355 e. The number of nitrogens with zero attached hydrogens (tertiary/aromatic N) is 2. The summed E-state index contributed by atoms with van der Waals surface area (Å²) in [6, 6.07) is 9.24. The molecule has 0 unspecified atom stereocenters. The Morgan fingerprint density at radius 2 is 0.643 bits per heavy atom. The molecule has 2 N–H and O–H groups in total. The number of allylic oxidation sites excluding steroid dienone is 4. The lowest BCUT2D eigenvalue weighted by molar-refractivity contribution is 1.07. The van der Waals surface area contributed by atoms with Crippen molar-refractivity contribution in [3.8, 4) is 0 Å². The van der Waals surface area contributed by atoms with Gasteiger partial charge in [0, 0.05) is 22.1 Å². The summed E-state index contributed by atoms with van der Waals surface area (Å²) in [6.45, 7) is 18.1. The molecule has 8 bridgehead atoms. The molecular formula is C36H48Cl2N4. The maximum atomic E-state index is 5.28. The van der Waals surface area contributed by atoms with Crippen LogP contribution in [-0.2, 0) is 25.7 Å². The van der Waals surface area contributed by atoms with Crippen molar-refractivity contribution in [2.75, 3.05) is 0 Å². The molecule has 0 spiro atoms. The summed E-state index contributed by atoms with van der Waals surface area (Å²) in [6.07, 6.45) is 7.84. The number of hydrogen-bond donors (Lipinski definition) is 2. The number of aromatic amines is 2. The number of aromatic nitrogens is 4. The monoisotopic (exact) mass is 606 g/mol. The highest BCUT2D eigenvalue weighted by molar-refractivity contribution is 5.96. The second-order valence-corrected chi connectivity index (χ2v) is 10.9. The lowest BCUT2D eigenvalue weighted by Gasteiger charge is -2.04. The van der Waals surface area contributed by atoms with Crippen molar-refractivity contribution in [2.24, 2.45) is 0 Å². The minimum atomic E-state index is 0. The van der Waals surface area contributed by atoms with Crippen molar-refractivity contribution in [3.63, 3.8) is 0 Å². The van der Waals surface area contributed by atoms with Crippen LogP contribution in [0.25, 0.3) is 44.4 Å². The highest BCUT2D eigenvalue weighted by Gasteiger charge is 2.22.